The average molecular weight is 440 g/mol. The number of aryl methyl sites for hydroxylation is 2. The third-order valence-electron chi connectivity index (χ3n) is 4.28. The second kappa shape index (κ2) is 12.2. The molecule has 0 radical (unpaired) electrons. The van der Waals surface area contributed by atoms with Gasteiger partial charge in [0.2, 0.25) is 5.90 Å². The number of nitrogens with one attached hydrogen (secondary N) is 1. The normalized spacial score (nSPS) is 14.0. The van der Waals surface area contributed by atoms with E-state index in [-0.39, 0.29) is 23.6 Å². The number of alkyl halides is 2. The van der Waals surface area contributed by atoms with Gasteiger partial charge in [-0.2, -0.15) is 5.10 Å². The van der Waals surface area contributed by atoms with Gasteiger partial charge in [0.15, 0.2) is 6.61 Å². The highest BCUT2D eigenvalue weighted by molar-refractivity contribution is 7.82. The predicted octanol–water partition coefficient (Wildman–Crippen LogP) is 4.03. The fourth-order valence-corrected chi connectivity index (χ4v) is 3.25. The van der Waals surface area contributed by atoms with E-state index in [1.165, 1.54) is 37.7 Å². The zero-order valence-corrected chi connectivity index (χ0v) is 17.4. The number of hydrogen-bond acceptors (Lipinski definition) is 4. The van der Waals surface area contributed by atoms with E-state index >= 15 is 0 Å². The molecule has 0 fully saturated rings. The van der Waals surface area contributed by atoms with Crippen LogP contribution in [0.4, 0.5) is 13.2 Å². The summed E-state index contributed by atoms with van der Waals surface area (Å²) in [7, 11) is -1.27. The molecule has 0 bridgehead atoms. The summed E-state index contributed by atoms with van der Waals surface area (Å²) in [5.74, 6) is -0.856. The quantitative estimate of drug-likeness (QED) is 0.402. The molecular formula is C21H24F3N3O2S. The smallest absolute Gasteiger partial charge is 0.272 e. The molecule has 1 unspecified atom stereocenters. The second-order valence-corrected chi connectivity index (χ2v) is 7.65. The number of benzene rings is 2. The molecule has 2 aromatic rings. The highest BCUT2D eigenvalue weighted by Gasteiger charge is 2.13. The van der Waals surface area contributed by atoms with E-state index in [9.17, 15) is 17.4 Å². The van der Waals surface area contributed by atoms with Crippen LogP contribution in [0, 0.1) is 5.82 Å². The molecule has 30 heavy (non-hydrogen) atoms. The van der Waals surface area contributed by atoms with Gasteiger partial charge in [0.1, 0.15) is 5.82 Å². The Morgan fingerprint density at radius 1 is 1.23 bits per heavy atom. The number of halogens is 3. The van der Waals surface area contributed by atoms with Gasteiger partial charge in [-0.15, -0.1) is 5.10 Å². The largest absolute Gasteiger partial charge is 0.470 e. The Morgan fingerprint density at radius 3 is 2.43 bits per heavy atom. The van der Waals surface area contributed by atoms with Gasteiger partial charge in [0, 0.05) is 30.6 Å². The van der Waals surface area contributed by atoms with Crippen LogP contribution < -0.4 is 4.72 Å². The Balaban J connectivity index is 0.000000290. The molecule has 162 valence electrons. The molecule has 0 aliphatic heterocycles. The molecule has 1 atom stereocenters. The first kappa shape index (κ1) is 23.8. The Kier molecular flexibility index (Phi) is 9.69. The number of nitrogens with zero attached hydrogens (tertiary/aromatic N) is 2. The first-order chi connectivity index (χ1) is 14.4. The zero-order chi connectivity index (χ0) is 21.9. The molecule has 3 rings (SSSR count). The van der Waals surface area contributed by atoms with Crippen LogP contribution in [0.15, 0.2) is 52.7 Å². The van der Waals surface area contributed by atoms with Crippen molar-refractivity contribution in [2.45, 2.75) is 32.2 Å². The van der Waals surface area contributed by atoms with Crippen LogP contribution in [-0.4, -0.2) is 36.1 Å². The molecule has 1 aliphatic rings. The lowest BCUT2D eigenvalue weighted by Gasteiger charge is -2.09. The molecule has 9 heteroatoms. The van der Waals surface area contributed by atoms with E-state index < -0.39 is 29.8 Å². The molecule has 0 saturated carbocycles. The molecular weight excluding hydrogens is 415 g/mol. The van der Waals surface area contributed by atoms with Crippen molar-refractivity contribution in [3.05, 3.63) is 70.5 Å². The van der Waals surface area contributed by atoms with Gasteiger partial charge < -0.3 is 4.74 Å². The van der Waals surface area contributed by atoms with Gasteiger partial charge in [-0.3, -0.25) is 0 Å². The zero-order valence-electron chi connectivity index (χ0n) is 16.6. The number of rotatable bonds is 7. The minimum absolute atomic E-state index is 0.0688. The maximum absolute atomic E-state index is 13.9. The van der Waals surface area contributed by atoms with Crippen LogP contribution in [0.25, 0.3) is 0 Å². The summed E-state index contributed by atoms with van der Waals surface area (Å²) < 4.78 is 56.3. The Morgan fingerprint density at radius 2 is 1.90 bits per heavy atom. The summed E-state index contributed by atoms with van der Waals surface area (Å²) in [6, 6.07) is 12.7. The summed E-state index contributed by atoms with van der Waals surface area (Å²) in [5.41, 5.74) is 3.56. The number of ether oxygens (including phenoxy) is 1. The third-order valence-corrected chi connectivity index (χ3v) is 4.83. The van der Waals surface area contributed by atoms with E-state index in [1.807, 2.05) is 0 Å². The Hall–Kier alpha value is -2.52. The molecule has 1 N–H and O–H groups in total. The summed E-state index contributed by atoms with van der Waals surface area (Å²) in [6.45, 7) is 2.29. The lowest BCUT2D eigenvalue weighted by Crippen LogP contribution is -2.17. The van der Waals surface area contributed by atoms with Crippen LogP contribution in [0.3, 0.4) is 0 Å². The topological polar surface area (TPSA) is 63.1 Å². The van der Waals surface area contributed by atoms with Crippen molar-refractivity contribution < 1.29 is 22.1 Å². The minimum atomic E-state index is -2.69. The van der Waals surface area contributed by atoms with Crippen LogP contribution in [0.2, 0.25) is 0 Å². The SMILES string of the molecule is C=N/N=C(\OCC(F)F)c1ccc(CNS(C)=O)c(F)c1.c1ccc2c(c1)CCC2. The van der Waals surface area contributed by atoms with Gasteiger partial charge in [-0.25, -0.2) is 22.1 Å². The van der Waals surface area contributed by atoms with Crippen molar-refractivity contribution >= 4 is 23.6 Å². The van der Waals surface area contributed by atoms with Crippen LogP contribution in [0.1, 0.15) is 28.7 Å². The molecule has 5 nitrogen and oxygen atoms in total. The fourth-order valence-electron chi connectivity index (χ4n) is 2.89. The van der Waals surface area contributed by atoms with Crippen molar-refractivity contribution in [1.29, 1.82) is 0 Å². The molecule has 0 saturated heterocycles. The molecule has 0 aromatic heterocycles. The summed E-state index contributed by atoms with van der Waals surface area (Å²) in [6.07, 6.45) is 2.70. The van der Waals surface area contributed by atoms with Crippen molar-refractivity contribution in [3.63, 3.8) is 0 Å². The van der Waals surface area contributed by atoms with E-state index in [0.29, 0.717) is 0 Å². The Labute approximate surface area is 176 Å². The molecule has 0 spiro atoms. The summed E-state index contributed by atoms with van der Waals surface area (Å²) in [4.78, 5) is 0. The first-order valence-electron chi connectivity index (χ1n) is 9.27. The molecule has 1 aliphatic carbocycles. The maximum Gasteiger partial charge on any atom is 0.272 e. The number of fused-ring (bicyclic) bond motifs is 1. The fraction of sp³-hybridized carbons (Fsp3) is 0.333. The standard InChI is InChI=1S/C12H14F3N3O2S.C9H10/c1-16-18-12(20-7-11(14)15)8-3-4-9(10(13)5-8)6-17-21(2)19;1-2-5-9-7-3-6-8(9)4-1/h3-5,11,17H,1,6-7H2,2H3;1-2,4-5H,3,6-7H2/b18-12-;. The highest BCUT2D eigenvalue weighted by atomic mass is 32.2. The first-order valence-corrected chi connectivity index (χ1v) is 10.8. The van der Waals surface area contributed by atoms with E-state index in [4.69, 9.17) is 4.74 Å². The predicted molar refractivity (Wildman–Crippen MR) is 114 cm³/mol. The van der Waals surface area contributed by atoms with E-state index in [1.54, 1.807) is 11.1 Å². The molecule has 2 aromatic carbocycles. The van der Waals surface area contributed by atoms with Gasteiger partial charge in [0.05, 0.1) is 11.0 Å². The van der Waals surface area contributed by atoms with Gasteiger partial charge in [-0.1, -0.05) is 30.3 Å². The summed E-state index contributed by atoms with van der Waals surface area (Å²) in [5, 5.41) is 6.65. The van der Waals surface area contributed by atoms with Crippen LogP contribution >= 0.6 is 0 Å². The maximum atomic E-state index is 13.9. The van der Waals surface area contributed by atoms with Crippen LogP contribution in [-0.2, 0) is 35.1 Å². The van der Waals surface area contributed by atoms with Gasteiger partial charge in [0.25, 0.3) is 6.43 Å². The minimum Gasteiger partial charge on any atom is -0.470 e. The van der Waals surface area contributed by atoms with Crippen molar-refractivity contribution in [1.82, 2.24) is 4.72 Å². The summed E-state index contributed by atoms with van der Waals surface area (Å²) >= 11 is 0. The van der Waals surface area contributed by atoms with Gasteiger partial charge in [-0.05, 0) is 42.5 Å². The average Bonchev–Trinajstić information content (AvgIpc) is 3.19. The lowest BCUT2D eigenvalue weighted by molar-refractivity contribution is 0.0765. The highest BCUT2D eigenvalue weighted by Crippen LogP contribution is 2.20. The van der Waals surface area contributed by atoms with Crippen molar-refractivity contribution in [3.8, 4) is 0 Å². The third kappa shape index (κ3) is 7.72. The Bertz CT molecular complexity index is 884. The van der Waals surface area contributed by atoms with Gasteiger partial charge >= 0.3 is 0 Å². The molecule has 0 amide bonds. The van der Waals surface area contributed by atoms with Crippen molar-refractivity contribution in [2.75, 3.05) is 12.9 Å². The van der Waals surface area contributed by atoms with E-state index in [2.05, 4.69) is 45.9 Å². The van der Waals surface area contributed by atoms with E-state index in [0.717, 1.165) is 6.07 Å². The van der Waals surface area contributed by atoms with Crippen LogP contribution in [0.5, 0.6) is 0 Å². The number of hydrogen-bond donors (Lipinski definition) is 1. The second-order valence-electron chi connectivity index (χ2n) is 6.45. The monoisotopic (exact) mass is 439 g/mol. The van der Waals surface area contributed by atoms with Crippen molar-refractivity contribution in [2.24, 2.45) is 10.2 Å². The molecule has 0 heterocycles. The lowest BCUT2D eigenvalue weighted by atomic mass is 10.1.